The van der Waals surface area contributed by atoms with E-state index in [2.05, 4.69) is 15.0 Å². The van der Waals surface area contributed by atoms with Crippen LogP contribution in [0.1, 0.15) is 25.1 Å². The Kier molecular flexibility index (Phi) is 5.06. The Bertz CT molecular complexity index is 552. The van der Waals surface area contributed by atoms with Crippen LogP contribution < -0.4 is 10.0 Å². The molecule has 6 nitrogen and oxygen atoms in total. The number of rotatable bonds is 5. The molecule has 1 aromatic rings. The van der Waals surface area contributed by atoms with Crippen molar-refractivity contribution in [2.24, 2.45) is 5.92 Å². The van der Waals surface area contributed by atoms with Crippen LogP contribution in [0.4, 0.5) is 0 Å². The molecule has 3 heterocycles. The summed E-state index contributed by atoms with van der Waals surface area (Å²) in [6.45, 7) is 3.32. The first-order valence-electron chi connectivity index (χ1n) is 6.91. The minimum absolute atomic E-state index is 0. The Balaban J connectivity index is 0.00000147. The second-order valence-electron chi connectivity index (χ2n) is 5.31. The Morgan fingerprint density at radius 1 is 1.50 bits per heavy atom. The van der Waals surface area contributed by atoms with Crippen LogP contribution in [0, 0.1) is 5.92 Å². The zero-order valence-electron chi connectivity index (χ0n) is 11.3. The Morgan fingerprint density at radius 2 is 2.35 bits per heavy atom. The van der Waals surface area contributed by atoms with E-state index >= 15 is 0 Å². The quantitative estimate of drug-likeness (QED) is 0.830. The van der Waals surface area contributed by atoms with Gasteiger partial charge in [-0.25, -0.2) is 18.1 Å². The maximum atomic E-state index is 12.2. The van der Waals surface area contributed by atoms with Crippen LogP contribution in [0.25, 0.3) is 0 Å². The van der Waals surface area contributed by atoms with Crippen LogP contribution in [0.5, 0.6) is 0 Å². The number of nitrogens with zero attached hydrogens (tertiary/aromatic N) is 2. The van der Waals surface area contributed by atoms with Crippen molar-refractivity contribution in [2.75, 3.05) is 19.6 Å². The fourth-order valence-electron chi connectivity index (χ4n) is 2.88. The molecule has 8 heteroatoms. The van der Waals surface area contributed by atoms with E-state index in [1.165, 1.54) is 6.20 Å². The highest BCUT2D eigenvalue weighted by Crippen LogP contribution is 2.20. The fourth-order valence-corrected chi connectivity index (χ4v) is 4.09. The Morgan fingerprint density at radius 3 is 3.10 bits per heavy atom. The summed E-state index contributed by atoms with van der Waals surface area (Å²) in [6, 6.07) is 0. The molecule has 3 rings (SSSR count). The molecule has 2 N–H and O–H groups in total. The topological polar surface area (TPSA) is 76.0 Å². The zero-order valence-corrected chi connectivity index (χ0v) is 13.0. The second-order valence-corrected chi connectivity index (χ2v) is 7.03. The summed E-state index contributed by atoms with van der Waals surface area (Å²) in [7, 11) is -3.40. The smallest absolute Gasteiger partial charge is 0.257 e. The predicted molar refractivity (Wildman–Crippen MR) is 78.6 cm³/mol. The van der Waals surface area contributed by atoms with Gasteiger partial charge >= 0.3 is 0 Å². The lowest BCUT2D eigenvalue weighted by atomic mass is 10.1. The van der Waals surface area contributed by atoms with E-state index in [-0.39, 0.29) is 12.4 Å². The van der Waals surface area contributed by atoms with Gasteiger partial charge in [-0.2, -0.15) is 0 Å². The van der Waals surface area contributed by atoms with Crippen LogP contribution in [-0.4, -0.2) is 37.6 Å². The third-order valence-electron chi connectivity index (χ3n) is 3.97. The molecule has 1 saturated heterocycles. The summed E-state index contributed by atoms with van der Waals surface area (Å²) in [5.41, 5.74) is 0. The summed E-state index contributed by atoms with van der Waals surface area (Å²) < 4.78 is 29.0. The zero-order chi connectivity index (χ0) is 13.3. The highest BCUT2D eigenvalue weighted by atomic mass is 35.5. The lowest BCUT2D eigenvalue weighted by Crippen LogP contribution is -2.28. The molecule has 0 aliphatic carbocycles. The molecule has 114 valence electrons. The van der Waals surface area contributed by atoms with Gasteiger partial charge < -0.3 is 9.88 Å². The number of halogens is 1. The first-order chi connectivity index (χ1) is 9.17. The monoisotopic (exact) mass is 320 g/mol. The van der Waals surface area contributed by atoms with E-state index in [0.717, 1.165) is 51.1 Å². The standard InChI is InChI=1S/C12H20N4O2S.ClH/c17-19(18,15-6-4-10-3-5-13-8-10)12-9-14-11-2-1-7-16(11)12;/h9-10,13,15H,1-8H2;1H. The average Bonchev–Trinajstić information content (AvgIpc) is 3.05. The molecule has 0 aromatic carbocycles. The van der Waals surface area contributed by atoms with Crippen LogP contribution in [-0.2, 0) is 23.0 Å². The van der Waals surface area contributed by atoms with Gasteiger partial charge in [0.15, 0.2) is 5.03 Å². The first kappa shape index (κ1) is 15.8. The van der Waals surface area contributed by atoms with Gasteiger partial charge in [-0.05, 0) is 38.3 Å². The van der Waals surface area contributed by atoms with Crippen molar-refractivity contribution in [3.8, 4) is 0 Å². The SMILES string of the molecule is Cl.O=S(=O)(NCCC1CCNC1)c1cnc2n1CCC2. The normalized spacial score (nSPS) is 21.7. The summed E-state index contributed by atoms with van der Waals surface area (Å²) in [4.78, 5) is 4.18. The molecule has 2 aliphatic rings. The molecule has 0 saturated carbocycles. The number of imidazole rings is 1. The molecular formula is C12H21ClN4O2S. The molecule has 0 amide bonds. The van der Waals surface area contributed by atoms with Crippen LogP contribution in [0.15, 0.2) is 11.2 Å². The lowest BCUT2D eigenvalue weighted by Gasteiger charge is -2.10. The molecule has 1 aromatic heterocycles. The third kappa shape index (κ3) is 3.16. The molecule has 0 bridgehead atoms. The van der Waals surface area contributed by atoms with Crippen LogP contribution in [0.2, 0.25) is 0 Å². The number of nitrogens with one attached hydrogen (secondary N) is 2. The molecule has 1 atom stereocenters. The average molecular weight is 321 g/mol. The Hall–Kier alpha value is -0.630. The summed E-state index contributed by atoms with van der Waals surface area (Å²) in [5.74, 6) is 1.49. The van der Waals surface area contributed by atoms with Gasteiger partial charge in [0.25, 0.3) is 10.0 Å². The second kappa shape index (κ2) is 6.43. The molecular weight excluding hydrogens is 300 g/mol. The number of fused-ring (bicyclic) bond motifs is 1. The minimum atomic E-state index is -3.40. The molecule has 0 radical (unpaired) electrons. The van der Waals surface area contributed by atoms with Crippen molar-refractivity contribution in [3.63, 3.8) is 0 Å². The van der Waals surface area contributed by atoms with Gasteiger partial charge in [-0.1, -0.05) is 0 Å². The van der Waals surface area contributed by atoms with Crippen LogP contribution >= 0.6 is 12.4 Å². The number of hydrogen-bond donors (Lipinski definition) is 2. The summed E-state index contributed by atoms with van der Waals surface area (Å²) in [6.07, 6.45) is 5.38. The number of hydrogen-bond acceptors (Lipinski definition) is 4. The minimum Gasteiger partial charge on any atom is -0.318 e. The number of aryl methyl sites for hydroxylation is 1. The Labute approximate surface area is 125 Å². The molecule has 0 spiro atoms. The van der Waals surface area contributed by atoms with Gasteiger partial charge in [0, 0.05) is 19.5 Å². The van der Waals surface area contributed by atoms with Crippen molar-refractivity contribution < 1.29 is 8.42 Å². The molecule has 1 unspecified atom stereocenters. The largest absolute Gasteiger partial charge is 0.318 e. The van der Waals surface area contributed by atoms with Crippen molar-refractivity contribution in [1.29, 1.82) is 0 Å². The number of aromatic nitrogens is 2. The molecule has 2 aliphatic heterocycles. The highest BCUT2D eigenvalue weighted by molar-refractivity contribution is 7.89. The third-order valence-corrected chi connectivity index (χ3v) is 5.43. The first-order valence-corrected chi connectivity index (χ1v) is 8.40. The van der Waals surface area contributed by atoms with Crippen molar-refractivity contribution >= 4 is 22.4 Å². The molecule has 20 heavy (non-hydrogen) atoms. The van der Waals surface area contributed by atoms with E-state index in [0.29, 0.717) is 17.5 Å². The van der Waals surface area contributed by atoms with Gasteiger partial charge in [0.1, 0.15) is 5.82 Å². The van der Waals surface area contributed by atoms with E-state index < -0.39 is 10.0 Å². The van der Waals surface area contributed by atoms with Gasteiger partial charge in [0.2, 0.25) is 0 Å². The van der Waals surface area contributed by atoms with Gasteiger partial charge in [-0.15, -0.1) is 12.4 Å². The molecule has 1 fully saturated rings. The van der Waals surface area contributed by atoms with Crippen molar-refractivity contribution in [3.05, 3.63) is 12.0 Å². The van der Waals surface area contributed by atoms with E-state index in [4.69, 9.17) is 0 Å². The van der Waals surface area contributed by atoms with E-state index in [1.807, 2.05) is 4.57 Å². The van der Waals surface area contributed by atoms with E-state index in [1.54, 1.807) is 0 Å². The van der Waals surface area contributed by atoms with Gasteiger partial charge in [0.05, 0.1) is 6.20 Å². The maximum absolute atomic E-state index is 12.2. The lowest BCUT2D eigenvalue weighted by molar-refractivity contribution is 0.515. The van der Waals surface area contributed by atoms with Crippen molar-refractivity contribution in [1.82, 2.24) is 19.6 Å². The maximum Gasteiger partial charge on any atom is 0.257 e. The number of sulfonamides is 1. The van der Waals surface area contributed by atoms with E-state index in [9.17, 15) is 8.42 Å². The highest BCUT2D eigenvalue weighted by Gasteiger charge is 2.25. The van der Waals surface area contributed by atoms with Crippen LogP contribution in [0.3, 0.4) is 0 Å². The fraction of sp³-hybridized carbons (Fsp3) is 0.750. The summed E-state index contributed by atoms with van der Waals surface area (Å²) in [5, 5.41) is 3.61. The van der Waals surface area contributed by atoms with Crippen molar-refractivity contribution in [2.45, 2.75) is 37.3 Å². The van der Waals surface area contributed by atoms with Gasteiger partial charge in [-0.3, -0.25) is 0 Å². The summed E-state index contributed by atoms with van der Waals surface area (Å²) >= 11 is 0. The predicted octanol–water partition coefficient (Wildman–Crippen LogP) is 0.529.